The Morgan fingerprint density at radius 3 is 2.24 bits per heavy atom. The number of hydrogen-bond acceptors (Lipinski definition) is 4. The van der Waals surface area contributed by atoms with Gasteiger partial charge in [0.1, 0.15) is 16.7 Å². The fourth-order valence-electron chi connectivity index (χ4n) is 2.25. The molecule has 3 aromatic rings. The summed E-state index contributed by atoms with van der Waals surface area (Å²) in [6.45, 7) is 0. The summed E-state index contributed by atoms with van der Waals surface area (Å²) in [5, 5.41) is 9.13. The van der Waals surface area contributed by atoms with Gasteiger partial charge in [-0.2, -0.15) is 5.26 Å². The molecule has 0 aliphatic carbocycles. The van der Waals surface area contributed by atoms with Gasteiger partial charge in [-0.3, -0.25) is 4.72 Å². The highest BCUT2D eigenvalue weighted by Gasteiger charge is 2.20. The third-order valence-corrected chi connectivity index (χ3v) is 4.82. The smallest absolute Gasteiger partial charge is 0.263 e. The van der Waals surface area contributed by atoms with Crippen LogP contribution in [0.3, 0.4) is 0 Å². The van der Waals surface area contributed by atoms with Crippen LogP contribution in [0.1, 0.15) is 5.56 Å². The maximum Gasteiger partial charge on any atom is 0.263 e. The number of nitrogens with zero attached hydrogens (tertiary/aromatic N) is 1. The Hall–Kier alpha value is -3.30. The summed E-state index contributed by atoms with van der Waals surface area (Å²) >= 11 is 0. The second kappa shape index (κ2) is 7.07. The standard InChI is InChI=1S/C19H14N2O3S/c20-14-15-8-4-7-13-19(15)25(22,23)21-17-11-5-6-12-18(17)24-16-9-2-1-3-10-16/h1-13,21H. The Morgan fingerprint density at radius 1 is 0.840 bits per heavy atom. The fourth-order valence-corrected chi connectivity index (χ4v) is 3.48. The number of ether oxygens (including phenoxy) is 1. The van der Waals surface area contributed by atoms with Crippen LogP contribution in [0.5, 0.6) is 11.5 Å². The van der Waals surface area contributed by atoms with Crippen molar-refractivity contribution in [2.45, 2.75) is 4.90 Å². The minimum absolute atomic E-state index is 0.0768. The van der Waals surface area contributed by atoms with Gasteiger partial charge in [-0.05, 0) is 36.4 Å². The summed E-state index contributed by atoms with van der Waals surface area (Å²) in [6.07, 6.45) is 0. The van der Waals surface area contributed by atoms with E-state index in [1.54, 1.807) is 48.5 Å². The summed E-state index contributed by atoms with van der Waals surface area (Å²) in [6, 6.07) is 23.7. The molecule has 0 heterocycles. The number of para-hydroxylation sites is 3. The summed E-state index contributed by atoms with van der Waals surface area (Å²) in [5.41, 5.74) is 0.371. The van der Waals surface area contributed by atoms with Gasteiger partial charge in [-0.15, -0.1) is 0 Å². The molecule has 0 aliphatic rings. The van der Waals surface area contributed by atoms with Crippen LogP contribution >= 0.6 is 0 Å². The Bertz CT molecular complexity index is 1030. The van der Waals surface area contributed by atoms with E-state index in [9.17, 15) is 8.42 Å². The lowest BCUT2D eigenvalue weighted by Crippen LogP contribution is -2.14. The molecule has 6 heteroatoms. The summed E-state index contributed by atoms with van der Waals surface area (Å²) in [5.74, 6) is 0.957. The largest absolute Gasteiger partial charge is 0.455 e. The van der Waals surface area contributed by atoms with E-state index in [1.165, 1.54) is 12.1 Å². The van der Waals surface area contributed by atoms with E-state index in [2.05, 4.69) is 4.72 Å². The van der Waals surface area contributed by atoms with Crippen molar-refractivity contribution >= 4 is 15.7 Å². The van der Waals surface area contributed by atoms with Crippen LogP contribution in [-0.4, -0.2) is 8.42 Å². The molecule has 0 fully saturated rings. The maximum atomic E-state index is 12.7. The summed E-state index contributed by atoms with van der Waals surface area (Å²) < 4.78 is 33.6. The molecule has 1 N–H and O–H groups in total. The molecule has 0 atom stereocenters. The van der Waals surface area contributed by atoms with Crippen molar-refractivity contribution in [1.82, 2.24) is 0 Å². The third kappa shape index (κ3) is 3.79. The number of hydrogen-bond donors (Lipinski definition) is 1. The van der Waals surface area contributed by atoms with Crippen LogP contribution in [-0.2, 0) is 10.0 Å². The Balaban J connectivity index is 1.94. The topological polar surface area (TPSA) is 79.2 Å². The summed E-state index contributed by atoms with van der Waals surface area (Å²) in [4.78, 5) is -0.0768. The minimum Gasteiger partial charge on any atom is -0.455 e. The van der Waals surface area contributed by atoms with Crippen LogP contribution in [0, 0.1) is 11.3 Å². The van der Waals surface area contributed by atoms with E-state index in [-0.39, 0.29) is 10.5 Å². The number of nitrogens with one attached hydrogen (secondary N) is 1. The Kier molecular flexibility index (Phi) is 4.68. The lowest BCUT2D eigenvalue weighted by molar-refractivity contribution is 0.485. The van der Waals surface area contributed by atoms with Gasteiger partial charge in [0, 0.05) is 0 Å². The highest BCUT2D eigenvalue weighted by atomic mass is 32.2. The number of rotatable bonds is 5. The molecule has 124 valence electrons. The van der Waals surface area contributed by atoms with Gasteiger partial charge >= 0.3 is 0 Å². The molecule has 3 rings (SSSR count). The van der Waals surface area contributed by atoms with Crippen molar-refractivity contribution in [3.63, 3.8) is 0 Å². The average molecular weight is 350 g/mol. The molecular weight excluding hydrogens is 336 g/mol. The SMILES string of the molecule is N#Cc1ccccc1S(=O)(=O)Nc1ccccc1Oc1ccccc1. The van der Waals surface area contributed by atoms with E-state index in [1.807, 2.05) is 24.3 Å². The number of benzene rings is 3. The zero-order chi connectivity index (χ0) is 17.7. The predicted molar refractivity (Wildman–Crippen MR) is 94.9 cm³/mol. The summed E-state index contributed by atoms with van der Waals surface area (Å²) in [7, 11) is -3.92. The zero-order valence-corrected chi connectivity index (χ0v) is 13.9. The number of nitriles is 1. The highest BCUT2D eigenvalue weighted by molar-refractivity contribution is 7.92. The molecule has 5 nitrogen and oxygen atoms in total. The highest BCUT2D eigenvalue weighted by Crippen LogP contribution is 2.31. The van der Waals surface area contributed by atoms with Crippen LogP contribution < -0.4 is 9.46 Å². The predicted octanol–water partition coefficient (Wildman–Crippen LogP) is 4.15. The van der Waals surface area contributed by atoms with E-state index in [0.717, 1.165) is 0 Å². The molecule has 0 radical (unpaired) electrons. The van der Waals surface area contributed by atoms with Gasteiger partial charge in [-0.25, -0.2) is 8.42 Å². The normalized spacial score (nSPS) is 10.7. The van der Waals surface area contributed by atoms with Gasteiger partial charge in [-0.1, -0.05) is 42.5 Å². The van der Waals surface area contributed by atoms with Gasteiger partial charge in [0.25, 0.3) is 10.0 Å². The first-order valence-electron chi connectivity index (χ1n) is 7.44. The van der Waals surface area contributed by atoms with Crippen molar-refractivity contribution in [1.29, 1.82) is 5.26 Å². The lowest BCUT2D eigenvalue weighted by atomic mass is 10.2. The van der Waals surface area contributed by atoms with E-state index >= 15 is 0 Å². The van der Waals surface area contributed by atoms with Crippen LogP contribution in [0.25, 0.3) is 0 Å². The number of sulfonamides is 1. The first-order chi connectivity index (χ1) is 12.1. The quantitative estimate of drug-likeness (QED) is 0.749. The van der Waals surface area contributed by atoms with Crippen LogP contribution in [0.15, 0.2) is 83.8 Å². The van der Waals surface area contributed by atoms with E-state index in [4.69, 9.17) is 10.00 Å². The van der Waals surface area contributed by atoms with Gasteiger partial charge < -0.3 is 4.74 Å². The van der Waals surface area contributed by atoms with Crippen LogP contribution in [0.4, 0.5) is 5.69 Å². The molecule has 0 saturated carbocycles. The molecule has 0 spiro atoms. The molecule has 0 saturated heterocycles. The molecule has 0 aromatic heterocycles. The Labute approximate surface area is 146 Å². The molecule has 0 aliphatic heterocycles. The molecular formula is C19H14N2O3S. The molecule has 0 amide bonds. The zero-order valence-electron chi connectivity index (χ0n) is 13.1. The van der Waals surface area contributed by atoms with Gasteiger partial charge in [0.15, 0.2) is 5.75 Å². The Morgan fingerprint density at radius 2 is 1.48 bits per heavy atom. The third-order valence-electron chi connectivity index (χ3n) is 3.40. The minimum atomic E-state index is -3.92. The van der Waals surface area contributed by atoms with Crippen LogP contribution in [0.2, 0.25) is 0 Å². The first-order valence-corrected chi connectivity index (χ1v) is 8.92. The monoisotopic (exact) mass is 350 g/mol. The second-order valence-corrected chi connectivity index (χ2v) is 6.78. The molecule has 25 heavy (non-hydrogen) atoms. The van der Waals surface area contributed by atoms with Crippen molar-refractivity contribution in [2.24, 2.45) is 0 Å². The second-order valence-electron chi connectivity index (χ2n) is 5.12. The molecule has 3 aromatic carbocycles. The van der Waals surface area contributed by atoms with E-state index < -0.39 is 10.0 Å². The van der Waals surface area contributed by atoms with E-state index in [0.29, 0.717) is 17.2 Å². The first kappa shape index (κ1) is 16.6. The maximum absolute atomic E-state index is 12.7. The molecule has 0 unspecified atom stereocenters. The fraction of sp³-hybridized carbons (Fsp3) is 0. The average Bonchev–Trinajstić information content (AvgIpc) is 2.64. The van der Waals surface area contributed by atoms with Gasteiger partial charge in [0.2, 0.25) is 0 Å². The lowest BCUT2D eigenvalue weighted by Gasteiger charge is -2.14. The van der Waals surface area contributed by atoms with Crippen molar-refractivity contribution in [3.8, 4) is 17.6 Å². The van der Waals surface area contributed by atoms with Crippen molar-refractivity contribution < 1.29 is 13.2 Å². The van der Waals surface area contributed by atoms with Crippen molar-refractivity contribution in [2.75, 3.05) is 4.72 Å². The van der Waals surface area contributed by atoms with Gasteiger partial charge in [0.05, 0.1) is 11.3 Å². The van der Waals surface area contributed by atoms with Crippen molar-refractivity contribution in [3.05, 3.63) is 84.4 Å². The molecule has 0 bridgehead atoms. The number of anilines is 1.